The third-order valence-electron chi connectivity index (χ3n) is 3.64. The molecule has 106 valence electrons. The van der Waals surface area contributed by atoms with Crippen molar-refractivity contribution in [1.82, 2.24) is 19.9 Å². The van der Waals surface area contributed by atoms with E-state index in [1.807, 2.05) is 36.5 Å². The molecule has 0 bridgehead atoms. The van der Waals surface area contributed by atoms with Gasteiger partial charge in [-0.3, -0.25) is 0 Å². The van der Waals surface area contributed by atoms with Gasteiger partial charge in [-0.2, -0.15) is 10.1 Å². The highest BCUT2D eigenvalue weighted by atomic mass is 16.5. The van der Waals surface area contributed by atoms with Gasteiger partial charge in [-0.1, -0.05) is 23.4 Å². The molecule has 0 saturated heterocycles. The Morgan fingerprint density at radius 2 is 2.05 bits per heavy atom. The van der Waals surface area contributed by atoms with Crippen LogP contribution in [0.5, 0.6) is 0 Å². The summed E-state index contributed by atoms with van der Waals surface area (Å²) in [5.41, 5.74) is 8.05. The lowest BCUT2D eigenvalue weighted by Crippen LogP contribution is -2.13. The SMILES string of the molecule is NC(c1cnn(-c2ccccc2)c1)c1noc(C2CC2)n1. The van der Waals surface area contributed by atoms with Crippen molar-refractivity contribution in [1.29, 1.82) is 0 Å². The van der Waals surface area contributed by atoms with E-state index in [4.69, 9.17) is 10.3 Å². The molecule has 1 aromatic carbocycles. The predicted octanol–water partition coefficient (Wildman–Crippen LogP) is 2.18. The van der Waals surface area contributed by atoms with Gasteiger partial charge < -0.3 is 10.3 Å². The predicted molar refractivity (Wildman–Crippen MR) is 75.9 cm³/mol. The third-order valence-corrected chi connectivity index (χ3v) is 3.64. The molecule has 1 aliphatic carbocycles. The number of hydrogen-bond donors (Lipinski definition) is 1. The molecular formula is C15H15N5O. The van der Waals surface area contributed by atoms with Crippen molar-refractivity contribution in [3.63, 3.8) is 0 Å². The minimum Gasteiger partial charge on any atom is -0.339 e. The van der Waals surface area contributed by atoms with Crippen molar-refractivity contribution in [2.75, 3.05) is 0 Å². The summed E-state index contributed by atoms with van der Waals surface area (Å²) >= 11 is 0. The van der Waals surface area contributed by atoms with Gasteiger partial charge in [0.05, 0.1) is 17.9 Å². The quantitative estimate of drug-likeness (QED) is 0.792. The van der Waals surface area contributed by atoms with Gasteiger partial charge in [0.2, 0.25) is 5.89 Å². The number of nitrogens with two attached hydrogens (primary N) is 1. The van der Waals surface area contributed by atoms with Crippen LogP contribution < -0.4 is 5.73 Å². The Bertz CT molecular complexity index is 744. The first-order valence-electron chi connectivity index (χ1n) is 7.00. The maximum absolute atomic E-state index is 6.20. The van der Waals surface area contributed by atoms with Crippen LogP contribution in [-0.4, -0.2) is 19.9 Å². The molecule has 2 N–H and O–H groups in total. The van der Waals surface area contributed by atoms with Crippen LogP contribution in [0, 0.1) is 0 Å². The third kappa shape index (κ3) is 2.34. The summed E-state index contributed by atoms with van der Waals surface area (Å²) in [6.45, 7) is 0. The first-order valence-corrected chi connectivity index (χ1v) is 7.00. The molecule has 1 unspecified atom stereocenters. The molecule has 1 aliphatic rings. The molecule has 0 aliphatic heterocycles. The summed E-state index contributed by atoms with van der Waals surface area (Å²) in [7, 11) is 0. The van der Waals surface area contributed by atoms with Crippen LogP contribution in [0.15, 0.2) is 47.2 Å². The zero-order valence-corrected chi connectivity index (χ0v) is 11.4. The Balaban J connectivity index is 1.59. The number of aromatic nitrogens is 4. The van der Waals surface area contributed by atoms with E-state index in [1.54, 1.807) is 10.9 Å². The summed E-state index contributed by atoms with van der Waals surface area (Å²) in [5.74, 6) is 1.66. The van der Waals surface area contributed by atoms with Gasteiger partial charge in [0.25, 0.3) is 0 Å². The molecule has 2 heterocycles. The average molecular weight is 281 g/mol. The maximum Gasteiger partial charge on any atom is 0.229 e. The smallest absolute Gasteiger partial charge is 0.229 e. The summed E-state index contributed by atoms with van der Waals surface area (Å²) in [4.78, 5) is 4.39. The van der Waals surface area contributed by atoms with Crippen LogP contribution in [0.1, 0.15) is 42.1 Å². The molecule has 1 fully saturated rings. The van der Waals surface area contributed by atoms with Gasteiger partial charge >= 0.3 is 0 Å². The van der Waals surface area contributed by atoms with E-state index in [2.05, 4.69) is 15.2 Å². The van der Waals surface area contributed by atoms with Crippen LogP contribution >= 0.6 is 0 Å². The Kier molecular flexibility index (Phi) is 2.82. The summed E-state index contributed by atoms with van der Waals surface area (Å²) in [5, 5.41) is 8.33. The first-order chi connectivity index (χ1) is 10.3. The van der Waals surface area contributed by atoms with Crippen molar-refractivity contribution in [2.45, 2.75) is 24.8 Å². The van der Waals surface area contributed by atoms with Crippen LogP contribution in [0.2, 0.25) is 0 Å². The van der Waals surface area contributed by atoms with Crippen molar-refractivity contribution in [2.24, 2.45) is 5.73 Å². The standard InChI is InChI=1S/C15H15N5O/c16-13(14-18-15(21-19-14)10-6-7-10)11-8-17-20(9-11)12-4-2-1-3-5-12/h1-5,8-10,13H,6-7,16H2. The van der Waals surface area contributed by atoms with E-state index in [0.29, 0.717) is 17.6 Å². The molecule has 0 amide bonds. The molecule has 0 spiro atoms. The van der Waals surface area contributed by atoms with Crippen LogP contribution in [-0.2, 0) is 0 Å². The van der Waals surface area contributed by atoms with Crippen molar-refractivity contribution < 1.29 is 4.52 Å². The molecule has 0 radical (unpaired) electrons. The lowest BCUT2D eigenvalue weighted by molar-refractivity contribution is 0.372. The lowest BCUT2D eigenvalue weighted by Gasteiger charge is -2.03. The molecule has 2 aromatic heterocycles. The van der Waals surface area contributed by atoms with Gasteiger partial charge in [-0.25, -0.2) is 4.68 Å². The fraction of sp³-hybridized carbons (Fsp3) is 0.267. The second-order valence-corrected chi connectivity index (χ2v) is 5.30. The van der Waals surface area contributed by atoms with Gasteiger partial charge in [-0.05, 0) is 25.0 Å². The topological polar surface area (TPSA) is 82.8 Å². The average Bonchev–Trinajstić information content (AvgIpc) is 3.06. The molecule has 6 nitrogen and oxygen atoms in total. The summed E-state index contributed by atoms with van der Waals surface area (Å²) in [6, 6.07) is 9.47. The van der Waals surface area contributed by atoms with E-state index < -0.39 is 6.04 Å². The molecular weight excluding hydrogens is 266 g/mol. The Hall–Kier alpha value is -2.47. The maximum atomic E-state index is 6.20. The van der Waals surface area contributed by atoms with Crippen LogP contribution in [0.25, 0.3) is 5.69 Å². The van der Waals surface area contributed by atoms with Crippen LogP contribution in [0.4, 0.5) is 0 Å². The Labute approximate surface area is 121 Å². The lowest BCUT2D eigenvalue weighted by atomic mass is 10.1. The van der Waals surface area contributed by atoms with E-state index in [9.17, 15) is 0 Å². The highest BCUT2D eigenvalue weighted by Crippen LogP contribution is 2.39. The molecule has 1 saturated carbocycles. The largest absolute Gasteiger partial charge is 0.339 e. The number of rotatable bonds is 4. The zero-order valence-electron chi connectivity index (χ0n) is 11.4. The first kappa shape index (κ1) is 12.3. The minimum absolute atomic E-state index is 0.418. The molecule has 6 heteroatoms. The van der Waals surface area contributed by atoms with Gasteiger partial charge in [-0.15, -0.1) is 0 Å². The van der Waals surface area contributed by atoms with Crippen LogP contribution in [0.3, 0.4) is 0 Å². The van der Waals surface area contributed by atoms with Crippen molar-refractivity contribution in [3.8, 4) is 5.69 Å². The van der Waals surface area contributed by atoms with Gasteiger partial charge in [0, 0.05) is 17.7 Å². The number of hydrogen-bond acceptors (Lipinski definition) is 5. The monoisotopic (exact) mass is 281 g/mol. The normalized spacial score (nSPS) is 16.0. The molecule has 21 heavy (non-hydrogen) atoms. The number of para-hydroxylation sites is 1. The van der Waals surface area contributed by atoms with E-state index in [1.165, 1.54) is 0 Å². The second kappa shape index (κ2) is 4.82. The fourth-order valence-electron chi connectivity index (χ4n) is 2.24. The molecule has 1 atom stereocenters. The second-order valence-electron chi connectivity index (χ2n) is 5.30. The van der Waals surface area contributed by atoms with Crippen molar-refractivity contribution >= 4 is 0 Å². The number of nitrogens with zero attached hydrogens (tertiary/aromatic N) is 4. The van der Waals surface area contributed by atoms with Crippen molar-refractivity contribution in [3.05, 3.63) is 60.0 Å². The van der Waals surface area contributed by atoms with Gasteiger partial charge in [0.15, 0.2) is 5.82 Å². The van der Waals surface area contributed by atoms with E-state index in [-0.39, 0.29) is 0 Å². The highest BCUT2D eigenvalue weighted by Gasteiger charge is 2.30. The molecule has 4 rings (SSSR count). The highest BCUT2D eigenvalue weighted by molar-refractivity contribution is 5.32. The summed E-state index contributed by atoms with van der Waals surface area (Å²) < 4.78 is 7.04. The summed E-state index contributed by atoms with van der Waals surface area (Å²) in [6.07, 6.45) is 5.89. The molecule has 3 aromatic rings. The number of benzene rings is 1. The minimum atomic E-state index is -0.418. The van der Waals surface area contributed by atoms with E-state index >= 15 is 0 Å². The van der Waals surface area contributed by atoms with Gasteiger partial charge in [0.1, 0.15) is 0 Å². The Morgan fingerprint density at radius 3 is 2.81 bits per heavy atom. The Morgan fingerprint density at radius 1 is 1.24 bits per heavy atom. The zero-order chi connectivity index (χ0) is 14.2. The fourth-order valence-corrected chi connectivity index (χ4v) is 2.24. The van der Waals surface area contributed by atoms with E-state index in [0.717, 1.165) is 24.1 Å².